The molecule has 2 aliphatic rings. The van der Waals surface area contributed by atoms with Crippen LogP contribution in [-0.2, 0) is 9.59 Å². The second kappa shape index (κ2) is 9.25. The topological polar surface area (TPSA) is 52.7 Å². The van der Waals surface area contributed by atoms with Crippen LogP contribution in [0.5, 0.6) is 0 Å². The second-order valence-electron chi connectivity index (χ2n) is 7.93. The van der Waals surface area contributed by atoms with Crippen LogP contribution in [0.4, 0.5) is 5.69 Å². The van der Waals surface area contributed by atoms with Gasteiger partial charge in [-0.15, -0.1) is 0 Å². The molecular formula is C22H33N3O2. The van der Waals surface area contributed by atoms with Crippen molar-refractivity contribution >= 4 is 17.5 Å². The van der Waals surface area contributed by atoms with Crippen LogP contribution in [0.2, 0.25) is 0 Å². The van der Waals surface area contributed by atoms with Gasteiger partial charge in [0.2, 0.25) is 11.8 Å². The molecule has 27 heavy (non-hydrogen) atoms. The monoisotopic (exact) mass is 371 g/mol. The average molecular weight is 372 g/mol. The van der Waals surface area contributed by atoms with Crippen LogP contribution in [0, 0.1) is 12.8 Å². The zero-order valence-electron chi connectivity index (χ0n) is 16.7. The van der Waals surface area contributed by atoms with Gasteiger partial charge in [-0.05, 0) is 50.8 Å². The first kappa shape index (κ1) is 19.7. The zero-order valence-corrected chi connectivity index (χ0v) is 16.7. The number of hydrogen-bond acceptors (Lipinski definition) is 3. The highest BCUT2D eigenvalue weighted by Gasteiger charge is 2.35. The highest BCUT2D eigenvalue weighted by atomic mass is 16.2. The summed E-state index contributed by atoms with van der Waals surface area (Å²) in [6.07, 6.45) is 5.81. The summed E-state index contributed by atoms with van der Waals surface area (Å²) in [7, 11) is 0. The van der Waals surface area contributed by atoms with Crippen LogP contribution in [0.3, 0.4) is 0 Å². The van der Waals surface area contributed by atoms with E-state index in [1.165, 1.54) is 24.1 Å². The van der Waals surface area contributed by atoms with Gasteiger partial charge in [0.25, 0.3) is 0 Å². The van der Waals surface area contributed by atoms with E-state index < -0.39 is 0 Å². The van der Waals surface area contributed by atoms with Crippen LogP contribution < -0.4 is 10.2 Å². The molecule has 2 amide bonds. The largest absolute Gasteiger partial charge is 0.370 e. The van der Waals surface area contributed by atoms with Gasteiger partial charge in [-0.25, -0.2) is 0 Å². The summed E-state index contributed by atoms with van der Waals surface area (Å²) in [4.78, 5) is 29.2. The van der Waals surface area contributed by atoms with Crippen LogP contribution >= 0.6 is 0 Å². The molecule has 148 valence electrons. The first-order valence-electron chi connectivity index (χ1n) is 10.5. The number of likely N-dealkylation sites (N-methyl/N-ethyl adjacent to an activating group) is 1. The predicted octanol–water partition coefficient (Wildman–Crippen LogP) is 3.12. The number of carbonyl (C=O) groups excluding carboxylic acids is 2. The van der Waals surface area contributed by atoms with Crippen molar-refractivity contribution in [3.05, 3.63) is 29.8 Å². The zero-order chi connectivity index (χ0) is 19.2. The lowest BCUT2D eigenvalue weighted by Gasteiger charge is -2.36. The SMILES string of the molecule is CCN(CCNC(=O)C1CCC(=O)N(C2CCCC2)C1)c1cccc(C)c1. The highest BCUT2D eigenvalue weighted by Crippen LogP contribution is 2.28. The number of carbonyl (C=O) groups is 2. The number of nitrogens with zero attached hydrogens (tertiary/aromatic N) is 2. The van der Waals surface area contributed by atoms with Gasteiger partial charge < -0.3 is 15.1 Å². The van der Waals surface area contributed by atoms with Crippen molar-refractivity contribution in [1.82, 2.24) is 10.2 Å². The first-order chi connectivity index (χ1) is 13.1. The fraction of sp³-hybridized carbons (Fsp3) is 0.636. The van der Waals surface area contributed by atoms with Gasteiger partial charge >= 0.3 is 0 Å². The molecule has 2 fully saturated rings. The van der Waals surface area contributed by atoms with E-state index in [1.54, 1.807) is 0 Å². The summed E-state index contributed by atoms with van der Waals surface area (Å²) in [5.41, 5.74) is 2.44. The van der Waals surface area contributed by atoms with E-state index in [9.17, 15) is 9.59 Å². The Morgan fingerprint density at radius 1 is 1.26 bits per heavy atom. The lowest BCUT2D eigenvalue weighted by atomic mass is 9.95. The van der Waals surface area contributed by atoms with Gasteiger partial charge in [0, 0.05) is 44.3 Å². The maximum Gasteiger partial charge on any atom is 0.224 e. The van der Waals surface area contributed by atoms with Crippen LogP contribution in [0.25, 0.3) is 0 Å². The Balaban J connectivity index is 1.49. The van der Waals surface area contributed by atoms with Gasteiger partial charge in [-0.2, -0.15) is 0 Å². The smallest absolute Gasteiger partial charge is 0.224 e. The van der Waals surface area contributed by atoms with Crippen molar-refractivity contribution in [2.24, 2.45) is 5.92 Å². The quantitative estimate of drug-likeness (QED) is 0.801. The molecule has 0 radical (unpaired) electrons. The molecule has 1 atom stereocenters. The van der Waals surface area contributed by atoms with Crippen molar-refractivity contribution < 1.29 is 9.59 Å². The van der Waals surface area contributed by atoms with Gasteiger partial charge in [0.05, 0.1) is 5.92 Å². The van der Waals surface area contributed by atoms with Gasteiger partial charge in [0.1, 0.15) is 0 Å². The van der Waals surface area contributed by atoms with Crippen molar-refractivity contribution in [3.8, 4) is 0 Å². The molecule has 1 saturated carbocycles. The summed E-state index contributed by atoms with van der Waals surface area (Å²) in [5, 5.41) is 3.11. The number of piperidine rings is 1. The maximum absolute atomic E-state index is 12.7. The van der Waals surface area contributed by atoms with E-state index in [0.29, 0.717) is 32.0 Å². The number of likely N-dealkylation sites (tertiary alicyclic amines) is 1. The maximum atomic E-state index is 12.7. The molecule has 0 bridgehead atoms. The Morgan fingerprint density at radius 3 is 2.74 bits per heavy atom. The second-order valence-corrected chi connectivity index (χ2v) is 7.93. The fourth-order valence-electron chi connectivity index (χ4n) is 4.41. The molecule has 5 heteroatoms. The number of benzene rings is 1. The number of rotatable bonds is 7. The molecule has 0 aromatic heterocycles. The minimum atomic E-state index is -0.0580. The normalized spacial score (nSPS) is 20.7. The van der Waals surface area contributed by atoms with E-state index in [0.717, 1.165) is 25.9 Å². The molecule has 1 saturated heterocycles. The summed E-state index contributed by atoms with van der Waals surface area (Å²) in [5.74, 6) is 0.283. The Hall–Kier alpha value is -2.04. The van der Waals surface area contributed by atoms with Crippen molar-refractivity contribution in [2.75, 3.05) is 31.1 Å². The third-order valence-corrected chi connectivity index (χ3v) is 6.01. The Morgan fingerprint density at radius 2 is 2.04 bits per heavy atom. The Labute approximate surface area is 163 Å². The van der Waals surface area contributed by atoms with Gasteiger partial charge in [-0.1, -0.05) is 25.0 Å². The summed E-state index contributed by atoms with van der Waals surface area (Å²) >= 11 is 0. The molecule has 5 nitrogen and oxygen atoms in total. The van der Waals surface area contributed by atoms with Crippen molar-refractivity contribution in [1.29, 1.82) is 0 Å². The van der Waals surface area contributed by atoms with Gasteiger partial charge in [0.15, 0.2) is 0 Å². The third-order valence-electron chi connectivity index (χ3n) is 6.01. The van der Waals surface area contributed by atoms with E-state index in [2.05, 4.69) is 48.3 Å². The molecule has 1 heterocycles. The molecule has 1 aromatic carbocycles. The average Bonchev–Trinajstić information content (AvgIpc) is 3.20. The summed E-state index contributed by atoms with van der Waals surface area (Å²) in [6, 6.07) is 8.83. The molecule has 1 aromatic rings. The van der Waals surface area contributed by atoms with E-state index >= 15 is 0 Å². The summed E-state index contributed by atoms with van der Waals surface area (Å²) in [6.45, 7) is 7.17. The molecule has 1 unspecified atom stereocenters. The van der Waals surface area contributed by atoms with Gasteiger partial charge in [-0.3, -0.25) is 9.59 Å². The van der Waals surface area contributed by atoms with Crippen LogP contribution in [0.1, 0.15) is 51.0 Å². The third kappa shape index (κ3) is 5.02. The van der Waals surface area contributed by atoms with Crippen LogP contribution in [-0.4, -0.2) is 48.9 Å². The first-order valence-corrected chi connectivity index (χ1v) is 10.5. The fourth-order valence-corrected chi connectivity index (χ4v) is 4.41. The Bertz CT molecular complexity index is 655. The molecule has 1 N–H and O–H groups in total. The number of anilines is 1. The van der Waals surface area contributed by atoms with E-state index in [-0.39, 0.29) is 17.7 Å². The highest BCUT2D eigenvalue weighted by molar-refractivity contribution is 5.84. The summed E-state index contributed by atoms with van der Waals surface area (Å²) < 4.78 is 0. The van der Waals surface area contributed by atoms with E-state index in [1.807, 2.05) is 4.90 Å². The minimum absolute atomic E-state index is 0.0580. The Kier molecular flexibility index (Phi) is 6.75. The predicted molar refractivity (Wildman–Crippen MR) is 109 cm³/mol. The minimum Gasteiger partial charge on any atom is -0.370 e. The molecule has 1 aliphatic carbocycles. The molecule has 1 aliphatic heterocycles. The number of hydrogen-bond donors (Lipinski definition) is 1. The number of amides is 2. The molecular weight excluding hydrogens is 338 g/mol. The number of nitrogens with one attached hydrogen (secondary N) is 1. The number of aryl methyl sites for hydroxylation is 1. The van der Waals surface area contributed by atoms with Crippen molar-refractivity contribution in [2.45, 2.75) is 58.4 Å². The van der Waals surface area contributed by atoms with E-state index in [4.69, 9.17) is 0 Å². The lowest BCUT2D eigenvalue weighted by Crippen LogP contribution is -2.50. The molecule has 3 rings (SSSR count). The standard InChI is InChI=1S/C22H33N3O2/c1-3-24(20-10-6-7-17(2)15-20)14-13-23-22(27)18-11-12-21(26)25(16-18)19-8-4-5-9-19/h6-7,10,15,18-19H,3-5,8-9,11-14,16H2,1-2H3,(H,23,27). The van der Waals surface area contributed by atoms with Crippen molar-refractivity contribution in [3.63, 3.8) is 0 Å². The molecule has 0 spiro atoms. The lowest BCUT2D eigenvalue weighted by molar-refractivity contribution is -0.140. The van der Waals surface area contributed by atoms with Crippen LogP contribution in [0.15, 0.2) is 24.3 Å².